The molecule has 0 saturated heterocycles. The molecule has 8 nitrogen and oxygen atoms in total. The molecule has 0 unspecified atom stereocenters. The zero-order valence-electron chi connectivity index (χ0n) is 15.9. The first-order chi connectivity index (χ1) is 14.4. The second kappa shape index (κ2) is 9.59. The van der Waals surface area contributed by atoms with Crippen LogP contribution in [0.3, 0.4) is 0 Å². The van der Waals surface area contributed by atoms with Crippen molar-refractivity contribution in [3.05, 3.63) is 60.0 Å². The van der Waals surface area contributed by atoms with Gasteiger partial charge in [-0.05, 0) is 42.8 Å². The van der Waals surface area contributed by atoms with Gasteiger partial charge in [0.05, 0.1) is 12.8 Å². The number of aromatic nitrogens is 2. The number of methoxy groups -OCH3 is 1. The molecule has 156 valence electrons. The first-order valence-electron chi connectivity index (χ1n) is 8.97. The van der Waals surface area contributed by atoms with E-state index in [1.165, 1.54) is 7.11 Å². The molecule has 0 atom stereocenters. The number of nitrogens with zero attached hydrogens (tertiary/aromatic N) is 2. The van der Waals surface area contributed by atoms with Crippen LogP contribution in [0.15, 0.2) is 47.0 Å². The summed E-state index contributed by atoms with van der Waals surface area (Å²) in [5.41, 5.74) is 0.964. The van der Waals surface area contributed by atoms with Crippen LogP contribution in [-0.2, 0) is 16.0 Å². The van der Waals surface area contributed by atoms with Gasteiger partial charge >= 0.3 is 12.0 Å². The molecule has 0 saturated carbocycles. The third-order valence-electron chi connectivity index (χ3n) is 4.05. The number of nitrogens with one attached hydrogen (secondary N) is 2. The van der Waals surface area contributed by atoms with Crippen LogP contribution in [0.4, 0.5) is 25.0 Å². The van der Waals surface area contributed by atoms with Gasteiger partial charge in [0.2, 0.25) is 11.7 Å². The lowest BCUT2D eigenvalue weighted by Crippen LogP contribution is -2.20. The summed E-state index contributed by atoms with van der Waals surface area (Å²) < 4.78 is 36.2. The molecule has 2 amide bonds. The molecule has 3 rings (SSSR count). The van der Waals surface area contributed by atoms with Crippen molar-refractivity contribution >= 4 is 23.4 Å². The van der Waals surface area contributed by atoms with E-state index in [1.54, 1.807) is 24.3 Å². The van der Waals surface area contributed by atoms with E-state index in [-0.39, 0.29) is 18.1 Å². The number of hydrogen-bond acceptors (Lipinski definition) is 6. The molecule has 0 bridgehead atoms. The standard InChI is InChI=1S/C20H18F2N4O4/c1-29-18(27)4-2-3-17-25-19(26-30-17)12-5-8-14(9-6-12)23-20(28)24-16-10-7-13(21)11-15(16)22/h5-11H,2-4H2,1H3,(H2,23,24,28). The zero-order chi connectivity index (χ0) is 21.5. The molecule has 0 spiro atoms. The number of aryl methyl sites for hydroxylation is 1. The van der Waals surface area contributed by atoms with Crippen molar-refractivity contribution in [1.82, 2.24) is 10.1 Å². The van der Waals surface area contributed by atoms with Gasteiger partial charge in [-0.1, -0.05) is 5.16 Å². The van der Waals surface area contributed by atoms with E-state index in [9.17, 15) is 18.4 Å². The number of hydrogen-bond donors (Lipinski definition) is 2. The molecule has 1 aromatic heterocycles. The molecular weight excluding hydrogens is 398 g/mol. The molecule has 30 heavy (non-hydrogen) atoms. The quantitative estimate of drug-likeness (QED) is 0.561. The predicted octanol–water partition coefficient (Wildman–Crippen LogP) is 4.15. The maximum Gasteiger partial charge on any atom is 0.323 e. The van der Waals surface area contributed by atoms with Crippen LogP contribution in [-0.4, -0.2) is 29.3 Å². The summed E-state index contributed by atoms with van der Waals surface area (Å²) in [6, 6.07) is 8.76. The van der Waals surface area contributed by atoms with Gasteiger partial charge in [0.15, 0.2) is 0 Å². The molecule has 2 aromatic carbocycles. The fraction of sp³-hybridized carbons (Fsp3) is 0.200. The third kappa shape index (κ3) is 5.60. The average Bonchev–Trinajstić information content (AvgIpc) is 3.19. The van der Waals surface area contributed by atoms with Gasteiger partial charge in [-0.25, -0.2) is 13.6 Å². The summed E-state index contributed by atoms with van der Waals surface area (Å²) in [6.45, 7) is 0. The number of carbonyl (C=O) groups is 2. The Kier molecular flexibility index (Phi) is 6.68. The highest BCUT2D eigenvalue weighted by Crippen LogP contribution is 2.20. The minimum Gasteiger partial charge on any atom is -0.469 e. The second-order valence-electron chi connectivity index (χ2n) is 6.22. The maximum absolute atomic E-state index is 13.6. The number of amides is 2. The van der Waals surface area contributed by atoms with Crippen LogP contribution >= 0.6 is 0 Å². The monoisotopic (exact) mass is 416 g/mol. The topological polar surface area (TPSA) is 106 Å². The summed E-state index contributed by atoms with van der Waals surface area (Å²) in [6.07, 6.45) is 1.24. The Labute approximate surface area is 170 Å². The molecule has 0 aliphatic heterocycles. The molecular formula is C20H18F2N4O4. The summed E-state index contributed by atoms with van der Waals surface area (Å²) in [7, 11) is 1.33. The van der Waals surface area contributed by atoms with Crippen molar-refractivity contribution in [1.29, 1.82) is 0 Å². The Morgan fingerprint density at radius 1 is 1.10 bits per heavy atom. The molecule has 0 aliphatic carbocycles. The smallest absolute Gasteiger partial charge is 0.323 e. The fourth-order valence-electron chi connectivity index (χ4n) is 2.54. The van der Waals surface area contributed by atoms with E-state index in [0.717, 1.165) is 12.1 Å². The van der Waals surface area contributed by atoms with Crippen LogP contribution in [0.25, 0.3) is 11.4 Å². The Balaban J connectivity index is 1.56. The molecule has 0 aliphatic rings. The largest absolute Gasteiger partial charge is 0.469 e. The summed E-state index contributed by atoms with van der Waals surface area (Å²) in [5, 5.41) is 8.74. The third-order valence-corrected chi connectivity index (χ3v) is 4.05. The minimum atomic E-state index is -0.875. The van der Waals surface area contributed by atoms with Crippen LogP contribution < -0.4 is 10.6 Å². The molecule has 0 fully saturated rings. The van der Waals surface area contributed by atoms with E-state index >= 15 is 0 Å². The van der Waals surface area contributed by atoms with E-state index in [1.807, 2.05) is 0 Å². The Hall–Kier alpha value is -3.82. The highest BCUT2D eigenvalue weighted by molar-refractivity contribution is 5.99. The number of benzene rings is 2. The van der Waals surface area contributed by atoms with E-state index in [4.69, 9.17) is 4.52 Å². The second-order valence-corrected chi connectivity index (χ2v) is 6.22. The molecule has 3 aromatic rings. The number of rotatable bonds is 7. The summed E-state index contributed by atoms with van der Waals surface area (Å²) in [5.74, 6) is -1.14. The Morgan fingerprint density at radius 2 is 1.87 bits per heavy atom. The van der Waals surface area contributed by atoms with E-state index < -0.39 is 17.7 Å². The number of urea groups is 1. The molecule has 10 heteroatoms. The highest BCUT2D eigenvalue weighted by atomic mass is 19.1. The van der Waals surface area contributed by atoms with Gasteiger partial charge in [-0.3, -0.25) is 4.79 Å². The van der Waals surface area contributed by atoms with Crippen molar-refractivity contribution in [3.63, 3.8) is 0 Å². The van der Waals surface area contributed by atoms with Gasteiger partial charge in [0.25, 0.3) is 0 Å². The van der Waals surface area contributed by atoms with Crippen molar-refractivity contribution < 1.29 is 27.6 Å². The van der Waals surface area contributed by atoms with Crippen molar-refractivity contribution in [2.24, 2.45) is 0 Å². The number of carbonyl (C=O) groups excluding carboxylic acids is 2. The normalized spacial score (nSPS) is 10.5. The van der Waals surface area contributed by atoms with Gasteiger partial charge in [-0.2, -0.15) is 4.98 Å². The van der Waals surface area contributed by atoms with Crippen molar-refractivity contribution in [3.8, 4) is 11.4 Å². The predicted molar refractivity (Wildman–Crippen MR) is 104 cm³/mol. The summed E-state index contributed by atoms with van der Waals surface area (Å²) >= 11 is 0. The highest BCUT2D eigenvalue weighted by Gasteiger charge is 2.11. The van der Waals surface area contributed by atoms with Crippen LogP contribution in [0.5, 0.6) is 0 Å². The SMILES string of the molecule is COC(=O)CCCc1nc(-c2ccc(NC(=O)Nc3ccc(F)cc3F)cc2)no1. The first-order valence-corrected chi connectivity index (χ1v) is 8.97. The Bertz CT molecular complexity index is 1040. The van der Waals surface area contributed by atoms with Gasteiger partial charge in [0, 0.05) is 30.2 Å². The zero-order valence-corrected chi connectivity index (χ0v) is 15.9. The molecule has 0 radical (unpaired) electrons. The van der Waals surface area contributed by atoms with Crippen molar-refractivity contribution in [2.75, 3.05) is 17.7 Å². The average molecular weight is 416 g/mol. The first kappa shape index (κ1) is 20.9. The lowest BCUT2D eigenvalue weighted by molar-refractivity contribution is -0.140. The lowest BCUT2D eigenvalue weighted by Gasteiger charge is -2.08. The lowest BCUT2D eigenvalue weighted by atomic mass is 10.2. The molecule has 2 N–H and O–H groups in total. The minimum absolute atomic E-state index is 0.142. The van der Waals surface area contributed by atoms with E-state index in [2.05, 4.69) is 25.5 Å². The number of halogens is 2. The van der Waals surface area contributed by atoms with Crippen molar-refractivity contribution in [2.45, 2.75) is 19.3 Å². The Morgan fingerprint density at radius 3 is 2.57 bits per heavy atom. The van der Waals surface area contributed by atoms with E-state index in [0.29, 0.717) is 41.9 Å². The van der Waals surface area contributed by atoms with Gasteiger partial charge in [-0.15, -0.1) is 0 Å². The van der Waals surface area contributed by atoms with Crippen LogP contribution in [0.1, 0.15) is 18.7 Å². The van der Waals surface area contributed by atoms with Crippen LogP contribution in [0.2, 0.25) is 0 Å². The van der Waals surface area contributed by atoms with Crippen LogP contribution in [0, 0.1) is 11.6 Å². The van der Waals surface area contributed by atoms with Gasteiger partial charge < -0.3 is 19.9 Å². The fourth-order valence-corrected chi connectivity index (χ4v) is 2.54. The molecule has 1 heterocycles. The number of anilines is 2. The van der Waals surface area contributed by atoms with Gasteiger partial charge in [0.1, 0.15) is 11.6 Å². The number of ether oxygens (including phenoxy) is 1. The number of esters is 1. The summed E-state index contributed by atoms with van der Waals surface area (Å²) in [4.78, 5) is 27.4. The maximum atomic E-state index is 13.6.